The molecule has 0 nitrogen and oxygen atoms in total. The van der Waals surface area contributed by atoms with Crippen LogP contribution in [-0.2, 0) is 0 Å². The SMILES string of the molecule is CC(=C/[Si](C)(C)C)/C(C)=C/[Si](C)(C)C. The molecule has 0 heterocycles. The zero-order valence-corrected chi connectivity index (χ0v) is 13.2. The molecule has 0 unspecified atom stereocenters. The number of allylic oxidation sites excluding steroid dienone is 2. The van der Waals surface area contributed by atoms with Crippen molar-refractivity contribution in [1.82, 2.24) is 0 Å². The summed E-state index contributed by atoms with van der Waals surface area (Å²) in [5.41, 5.74) is 7.98. The fourth-order valence-corrected chi connectivity index (χ4v) is 4.58. The van der Waals surface area contributed by atoms with Crippen molar-refractivity contribution in [3.63, 3.8) is 0 Å². The molecule has 0 bridgehead atoms. The maximum absolute atomic E-state index is 2.50. The first kappa shape index (κ1) is 13.9. The Morgan fingerprint density at radius 3 is 1.00 bits per heavy atom. The molecule has 0 aromatic rings. The molecule has 2 heteroatoms. The van der Waals surface area contributed by atoms with Gasteiger partial charge in [-0.3, -0.25) is 0 Å². The molecule has 0 saturated carbocycles. The van der Waals surface area contributed by atoms with Gasteiger partial charge < -0.3 is 0 Å². The Morgan fingerprint density at radius 2 is 0.857 bits per heavy atom. The highest BCUT2D eigenvalue weighted by Gasteiger charge is 2.12. The highest BCUT2D eigenvalue weighted by molar-refractivity contribution is 6.81. The molecular weight excluding hydrogens is 200 g/mol. The topological polar surface area (TPSA) is 0 Å². The van der Waals surface area contributed by atoms with Gasteiger partial charge in [0.15, 0.2) is 0 Å². The summed E-state index contributed by atoms with van der Waals surface area (Å²) < 4.78 is 0. The van der Waals surface area contributed by atoms with Crippen LogP contribution in [0.2, 0.25) is 39.3 Å². The van der Waals surface area contributed by atoms with Gasteiger partial charge in [0, 0.05) is 0 Å². The van der Waals surface area contributed by atoms with E-state index < -0.39 is 16.1 Å². The van der Waals surface area contributed by atoms with Crippen LogP contribution in [0, 0.1) is 0 Å². The van der Waals surface area contributed by atoms with E-state index >= 15 is 0 Å². The van der Waals surface area contributed by atoms with E-state index in [0.29, 0.717) is 0 Å². The van der Waals surface area contributed by atoms with Gasteiger partial charge in [-0.1, -0.05) is 61.8 Å². The van der Waals surface area contributed by atoms with Crippen LogP contribution >= 0.6 is 0 Å². The average molecular weight is 227 g/mol. The van der Waals surface area contributed by atoms with Crippen LogP contribution in [0.15, 0.2) is 22.5 Å². The maximum atomic E-state index is 2.50. The van der Waals surface area contributed by atoms with Crippen molar-refractivity contribution in [1.29, 1.82) is 0 Å². The summed E-state index contributed by atoms with van der Waals surface area (Å²) in [5, 5.41) is 0. The van der Waals surface area contributed by atoms with Gasteiger partial charge in [-0.05, 0) is 13.8 Å². The molecule has 0 atom stereocenters. The molecule has 0 rings (SSSR count). The van der Waals surface area contributed by atoms with Gasteiger partial charge in [-0.25, -0.2) is 0 Å². The molecule has 0 saturated heterocycles. The highest BCUT2D eigenvalue weighted by atomic mass is 28.3. The van der Waals surface area contributed by atoms with Gasteiger partial charge >= 0.3 is 0 Å². The molecule has 0 aliphatic rings. The normalized spacial score (nSPS) is 16.0. The van der Waals surface area contributed by atoms with Crippen LogP contribution in [0.1, 0.15) is 13.8 Å². The molecule has 0 spiro atoms. The summed E-state index contributed by atoms with van der Waals surface area (Å²) in [6.45, 7) is 18.8. The Hall–Kier alpha value is -0.0862. The Balaban J connectivity index is 4.81. The minimum atomic E-state index is -1.05. The lowest BCUT2D eigenvalue weighted by Crippen LogP contribution is -2.19. The number of hydrogen-bond acceptors (Lipinski definition) is 0. The molecule has 0 aliphatic carbocycles. The van der Waals surface area contributed by atoms with E-state index in [9.17, 15) is 0 Å². The lowest BCUT2D eigenvalue weighted by molar-refractivity contribution is 1.35. The first-order chi connectivity index (χ1) is 6.01. The molecule has 0 aliphatic heterocycles. The van der Waals surface area contributed by atoms with Gasteiger partial charge in [0.1, 0.15) is 0 Å². The summed E-state index contributed by atoms with van der Waals surface area (Å²) >= 11 is 0. The summed E-state index contributed by atoms with van der Waals surface area (Å²) in [6.07, 6.45) is 0. The number of rotatable bonds is 3. The molecular formula is C12H26Si2. The number of hydrogen-bond donors (Lipinski definition) is 0. The van der Waals surface area contributed by atoms with Gasteiger partial charge in [0.05, 0.1) is 16.1 Å². The van der Waals surface area contributed by atoms with E-state index in [-0.39, 0.29) is 0 Å². The first-order valence-corrected chi connectivity index (χ1v) is 12.6. The zero-order valence-electron chi connectivity index (χ0n) is 11.2. The van der Waals surface area contributed by atoms with E-state index in [0.717, 1.165) is 0 Å². The summed E-state index contributed by atoms with van der Waals surface area (Å²) in [5.74, 6) is 0. The van der Waals surface area contributed by atoms with Crippen LogP contribution in [0.3, 0.4) is 0 Å². The maximum Gasteiger partial charge on any atom is 0.0690 e. The van der Waals surface area contributed by atoms with Gasteiger partial charge in [0.25, 0.3) is 0 Å². The molecule has 0 aromatic carbocycles. The van der Waals surface area contributed by atoms with Crippen molar-refractivity contribution in [2.75, 3.05) is 0 Å². The van der Waals surface area contributed by atoms with E-state index in [4.69, 9.17) is 0 Å². The smallest absolute Gasteiger partial charge is 0.0690 e. The fourth-order valence-electron chi connectivity index (χ4n) is 1.53. The van der Waals surface area contributed by atoms with E-state index in [1.54, 1.807) is 0 Å². The third-order valence-corrected chi connectivity index (χ3v) is 4.52. The first-order valence-electron chi connectivity index (χ1n) is 5.40. The Kier molecular flexibility index (Phi) is 4.59. The molecule has 0 aromatic heterocycles. The molecule has 0 amide bonds. The Morgan fingerprint density at radius 1 is 0.643 bits per heavy atom. The van der Waals surface area contributed by atoms with Crippen molar-refractivity contribution in [2.45, 2.75) is 53.1 Å². The summed E-state index contributed by atoms with van der Waals surface area (Å²) in [7, 11) is -2.09. The van der Waals surface area contributed by atoms with E-state index in [1.165, 1.54) is 11.1 Å². The third kappa shape index (κ3) is 7.33. The van der Waals surface area contributed by atoms with Crippen LogP contribution in [0.5, 0.6) is 0 Å². The molecule has 14 heavy (non-hydrogen) atoms. The Labute approximate surface area is 92.1 Å². The quantitative estimate of drug-likeness (QED) is 0.486. The minimum absolute atomic E-state index is 1.05. The molecule has 0 fully saturated rings. The van der Waals surface area contributed by atoms with E-state index in [2.05, 4.69) is 64.5 Å². The highest BCUT2D eigenvalue weighted by Crippen LogP contribution is 2.16. The second kappa shape index (κ2) is 4.62. The summed E-state index contributed by atoms with van der Waals surface area (Å²) in [4.78, 5) is 0. The van der Waals surface area contributed by atoms with Crippen molar-refractivity contribution < 1.29 is 0 Å². The van der Waals surface area contributed by atoms with Gasteiger partial charge in [0.2, 0.25) is 0 Å². The van der Waals surface area contributed by atoms with Crippen LogP contribution in [0.25, 0.3) is 0 Å². The van der Waals surface area contributed by atoms with Gasteiger partial charge in [-0.2, -0.15) is 0 Å². The molecule has 0 radical (unpaired) electrons. The summed E-state index contributed by atoms with van der Waals surface area (Å²) in [6, 6.07) is 0. The zero-order chi connectivity index (χ0) is 11.6. The van der Waals surface area contributed by atoms with Crippen molar-refractivity contribution in [2.24, 2.45) is 0 Å². The van der Waals surface area contributed by atoms with Crippen LogP contribution in [0.4, 0.5) is 0 Å². The predicted octanol–water partition coefficient (Wildman–Crippen LogP) is 4.63. The largest absolute Gasteiger partial charge is 0.0919 e. The molecule has 0 N–H and O–H groups in total. The second-order valence-electron chi connectivity index (χ2n) is 6.39. The average Bonchev–Trinajstić information content (AvgIpc) is 1.78. The monoisotopic (exact) mass is 226 g/mol. The lowest BCUT2D eigenvalue weighted by Gasteiger charge is -2.15. The van der Waals surface area contributed by atoms with Crippen LogP contribution in [-0.4, -0.2) is 16.1 Å². The van der Waals surface area contributed by atoms with Crippen molar-refractivity contribution in [3.8, 4) is 0 Å². The van der Waals surface area contributed by atoms with E-state index in [1.807, 2.05) is 0 Å². The van der Waals surface area contributed by atoms with Crippen molar-refractivity contribution >= 4 is 16.1 Å². The molecule has 82 valence electrons. The van der Waals surface area contributed by atoms with Crippen molar-refractivity contribution in [3.05, 3.63) is 22.5 Å². The standard InChI is InChI=1S/C12H26Si2/c1-11(9-13(3,4)5)12(2)10-14(6,7)8/h9-10H,1-8H3/b11-9-,12-10+. The lowest BCUT2D eigenvalue weighted by atomic mass is 10.2. The predicted molar refractivity (Wildman–Crippen MR) is 74.2 cm³/mol. The van der Waals surface area contributed by atoms with Gasteiger partial charge in [-0.15, -0.1) is 0 Å². The Bertz CT molecular complexity index is 218. The second-order valence-corrected chi connectivity index (χ2v) is 16.4. The van der Waals surface area contributed by atoms with Crippen LogP contribution < -0.4 is 0 Å². The fraction of sp³-hybridized carbons (Fsp3) is 0.667. The minimum Gasteiger partial charge on any atom is -0.0919 e. The third-order valence-electron chi connectivity index (χ3n) is 1.92.